The van der Waals surface area contributed by atoms with E-state index in [1.807, 2.05) is 12.1 Å². The number of nitrogens with zero attached hydrogens (tertiary/aromatic N) is 1. The average molecular weight is 343 g/mol. The van der Waals surface area contributed by atoms with Gasteiger partial charge in [0.25, 0.3) is 0 Å². The lowest BCUT2D eigenvalue weighted by Gasteiger charge is -2.25. The van der Waals surface area contributed by atoms with Crippen LogP contribution in [0, 0.1) is 0 Å². The summed E-state index contributed by atoms with van der Waals surface area (Å²) in [5, 5.41) is 2.40. The number of hydrogen-bond donors (Lipinski definition) is 0. The van der Waals surface area contributed by atoms with E-state index in [0.29, 0.717) is 12.3 Å². The van der Waals surface area contributed by atoms with E-state index in [4.69, 9.17) is 0 Å². The standard InChI is InChI=1S/C24H25NO/c26-24(17-21-14-8-13-20-11-4-5-15-23(20)21)25-16-7-6-12-22(18-25)19-9-2-1-3-10-19/h1-5,8-11,13-15,22H,6-7,12,16-18H2. The van der Waals surface area contributed by atoms with E-state index in [9.17, 15) is 4.79 Å². The first kappa shape index (κ1) is 16.8. The molecule has 0 aliphatic carbocycles. The van der Waals surface area contributed by atoms with E-state index in [1.165, 1.54) is 29.2 Å². The van der Waals surface area contributed by atoms with Gasteiger partial charge in [0.1, 0.15) is 0 Å². The summed E-state index contributed by atoms with van der Waals surface area (Å²) in [6.45, 7) is 1.72. The van der Waals surface area contributed by atoms with Crippen LogP contribution in [0.2, 0.25) is 0 Å². The molecular weight excluding hydrogens is 318 g/mol. The average Bonchev–Trinajstić information content (AvgIpc) is 2.95. The van der Waals surface area contributed by atoms with Gasteiger partial charge in [-0.2, -0.15) is 0 Å². The minimum Gasteiger partial charge on any atom is -0.342 e. The molecule has 1 atom stereocenters. The van der Waals surface area contributed by atoms with Crippen LogP contribution in [0.1, 0.15) is 36.3 Å². The molecule has 26 heavy (non-hydrogen) atoms. The maximum absolute atomic E-state index is 13.1. The highest BCUT2D eigenvalue weighted by Gasteiger charge is 2.23. The van der Waals surface area contributed by atoms with Crippen LogP contribution in [-0.4, -0.2) is 23.9 Å². The molecule has 132 valence electrons. The molecule has 3 aromatic carbocycles. The fourth-order valence-corrected chi connectivity index (χ4v) is 4.09. The SMILES string of the molecule is O=C(Cc1cccc2ccccc12)N1CCCCC(c2ccccc2)C1. The van der Waals surface area contributed by atoms with Crippen molar-refractivity contribution in [2.75, 3.05) is 13.1 Å². The van der Waals surface area contributed by atoms with Crippen LogP contribution in [0.25, 0.3) is 10.8 Å². The lowest BCUT2D eigenvalue weighted by molar-refractivity contribution is -0.130. The fourth-order valence-electron chi connectivity index (χ4n) is 4.09. The second kappa shape index (κ2) is 7.74. The number of benzene rings is 3. The maximum Gasteiger partial charge on any atom is 0.227 e. The Kier molecular flexibility index (Phi) is 5.01. The molecule has 1 unspecified atom stereocenters. The fraction of sp³-hybridized carbons (Fsp3) is 0.292. The lowest BCUT2D eigenvalue weighted by atomic mass is 9.94. The van der Waals surface area contributed by atoms with Crippen molar-refractivity contribution in [3.63, 3.8) is 0 Å². The molecule has 0 N–H and O–H groups in total. The highest BCUT2D eigenvalue weighted by atomic mass is 16.2. The van der Waals surface area contributed by atoms with Crippen LogP contribution in [0.15, 0.2) is 72.8 Å². The monoisotopic (exact) mass is 343 g/mol. The van der Waals surface area contributed by atoms with Crippen molar-refractivity contribution >= 4 is 16.7 Å². The maximum atomic E-state index is 13.1. The normalized spacial score (nSPS) is 17.8. The van der Waals surface area contributed by atoms with Gasteiger partial charge in [0.15, 0.2) is 0 Å². The highest BCUT2D eigenvalue weighted by molar-refractivity contribution is 5.90. The van der Waals surface area contributed by atoms with Crippen molar-refractivity contribution in [1.82, 2.24) is 4.90 Å². The van der Waals surface area contributed by atoms with Crippen molar-refractivity contribution in [3.05, 3.63) is 83.9 Å². The molecule has 0 radical (unpaired) electrons. The Bertz CT molecular complexity index is 882. The number of carbonyl (C=O) groups excluding carboxylic acids is 1. The van der Waals surface area contributed by atoms with Crippen molar-refractivity contribution in [2.45, 2.75) is 31.6 Å². The van der Waals surface area contributed by atoms with Crippen LogP contribution in [0.5, 0.6) is 0 Å². The van der Waals surface area contributed by atoms with E-state index in [2.05, 4.69) is 65.6 Å². The molecule has 1 aliphatic heterocycles. The van der Waals surface area contributed by atoms with E-state index >= 15 is 0 Å². The summed E-state index contributed by atoms with van der Waals surface area (Å²) < 4.78 is 0. The van der Waals surface area contributed by atoms with Gasteiger partial charge in [-0.3, -0.25) is 4.79 Å². The lowest BCUT2D eigenvalue weighted by Crippen LogP contribution is -2.35. The molecule has 2 nitrogen and oxygen atoms in total. The molecule has 1 heterocycles. The Morgan fingerprint density at radius 3 is 2.54 bits per heavy atom. The Labute approximate surface area is 155 Å². The molecular formula is C24H25NO. The van der Waals surface area contributed by atoms with Crippen LogP contribution in [-0.2, 0) is 11.2 Å². The molecule has 1 aliphatic rings. The summed E-state index contributed by atoms with van der Waals surface area (Å²) >= 11 is 0. The summed E-state index contributed by atoms with van der Waals surface area (Å²) in [5.41, 5.74) is 2.49. The van der Waals surface area contributed by atoms with Crippen LogP contribution < -0.4 is 0 Å². The molecule has 0 aromatic heterocycles. The Morgan fingerprint density at radius 2 is 1.65 bits per heavy atom. The smallest absolute Gasteiger partial charge is 0.227 e. The first-order valence-corrected chi connectivity index (χ1v) is 9.60. The summed E-state index contributed by atoms with van der Waals surface area (Å²) in [6.07, 6.45) is 3.95. The zero-order chi connectivity index (χ0) is 17.8. The quantitative estimate of drug-likeness (QED) is 0.642. The second-order valence-corrected chi connectivity index (χ2v) is 7.26. The number of carbonyl (C=O) groups is 1. The number of fused-ring (bicyclic) bond motifs is 1. The van der Waals surface area contributed by atoms with Crippen molar-refractivity contribution in [1.29, 1.82) is 0 Å². The van der Waals surface area contributed by atoms with Gasteiger partial charge in [0.05, 0.1) is 6.42 Å². The number of amides is 1. The predicted octanol–water partition coefficient (Wildman–Crippen LogP) is 5.18. The number of rotatable bonds is 3. The second-order valence-electron chi connectivity index (χ2n) is 7.26. The van der Waals surface area contributed by atoms with Crippen molar-refractivity contribution in [2.24, 2.45) is 0 Å². The largest absolute Gasteiger partial charge is 0.342 e. The molecule has 1 amide bonds. The highest BCUT2D eigenvalue weighted by Crippen LogP contribution is 2.27. The first-order chi connectivity index (χ1) is 12.8. The van der Waals surface area contributed by atoms with E-state index in [1.54, 1.807) is 0 Å². The first-order valence-electron chi connectivity index (χ1n) is 9.60. The molecule has 0 saturated carbocycles. The molecule has 1 saturated heterocycles. The van der Waals surface area contributed by atoms with E-state index < -0.39 is 0 Å². The number of likely N-dealkylation sites (tertiary alicyclic amines) is 1. The van der Waals surface area contributed by atoms with Crippen molar-refractivity contribution < 1.29 is 4.79 Å². The summed E-state index contributed by atoms with van der Waals surface area (Å²) in [7, 11) is 0. The summed E-state index contributed by atoms with van der Waals surface area (Å²) in [4.78, 5) is 15.2. The zero-order valence-corrected chi connectivity index (χ0v) is 15.1. The van der Waals surface area contributed by atoms with Gasteiger partial charge >= 0.3 is 0 Å². The van der Waals surface area contributed by atoms with Gasteiger partial charge in [0, 0.05) is 19.0 Å². The minimum absolute atomic E-state index is 0.254. The third-order valence-electron chi connectivity index (χ3n) is 5.52. The molecule has 2 heteroatoms. The predicted molar refractivity (Wildman–Crippen MR) is 107 cm³/mol. The molecule has 3 aromatic rings. The summed E-state index contributed by atoms with van der Waals surface area (Å²) in [6, 6.07) is 25.2. The minimum atomic E-state index is 0.254. The third kappa shape index (κ3) is 3.65. The van der Waals surface area contributed by atoms with Gasteiger partial charge in [-0.1, -0.05) is 79.2 Å². The molecule has 0 spiro atoms. The third-order valence-corrected chi connectivity index (χ3v) is 5.52. The molecule has 1 fully saturated rings. The van der Waals surface area contributed by atoms with Crippen LogP contribution >= 0.6 is 0 Å². The van der Waals surface area contributed by atoms with Crippen molar-refractivity contribution in [3.8, 4) is 0 Å². The van der Waals surface area contributed by atoms with Gasteiger partial charge in [-0.25, -0.2) is 0 Å². The molecule has 0 bridgehead atoms. The van der Waals surface area contributed by atoms with Gasteiger partial charge in [-0.15, -0.1) is 0 Å². The Morgan fingerprint density at radius 1 is 0.885 bits per heavy atom. The zero-order valence-electron chi connectivity index (χ0n) is 15.1. The van der Waals surface area contributed by atoms with E-state index in [-0.39, 0.29) is 5.91 Å². The topological polar surface area (TPSA) is 20.3 Å². The number of hydrogen-bond acceptors (Lipinski definition) is 1. The van der Waals surface area contributed by atoms with Gasteiger partial charge < -0.3 is 4.90 Å². The van der Waals surface area contributed by atoms with Crippen LogP contribution in [0.4, 0.5) is 0 Å². The van der Waals surface area contributed by atoms with Gasteiger partial charge in [-0.05, 0) is 34.7 Å². The molecule has 4 rings (SSSR count). The van der Waals surface area contributed by atoms with Crippen LogP contribution in [0.3, 0.4) is 0 Å². The summed E-state index contributed by atoms with van der Waals surface area (Å²) in [5.74, 6) is 0.708. The Hall–Kier alpha value is -2.61. The van der Waals surface area contributed by atoms with Gasteiger partial charge in [0.2, 0.25) is 5.91 Å². The Balaban J connectivity index is 1.53. The van der Waals surface area contributed by atoms with E-state index in [0.717, 1.165) is 25.1 Å².